The largest absolute Gasteiger partial charge is 0.473 e. The van der Waals surface area contributed by atoms with E-state index >= 15 is 0 Å². The van der Waals surface area contributed by atoms with Gasteiger partial charge in [0, 0.05) is 13.5 Å². The number of likely N-dealkylation sites (N-methyl/N-ethyl adjacent to an activating group) is 1. The number of aliphatic carboxylic acids is 2. The lowest BCUT2D eigenvalue weighted by atomic mass is 10.5. The van der Waals surface area contributed by atoms with E-state index in [2.05, 4.69) is 9.79 Å². The second kappa shape index (κ2) is 7.87. The standard InChI is InChI=1S/C7H13N3O3.C2H2O4/c1-6-7(8-13-10(6)11)12-5-4-9(2)3;3-1(4)2(5)6/h4-5H2,1-3H3;(H,3,4)(H,5,6). The summed E-state index contributed by atoms with van der Waals surface area (Å²) in [5, 5.41) is 29.0. The van der Waals surface area contributed by atoms with Gasteiger partial charge in [0.05, 0.1) is 5.16 Å². The van der Waals surface area contributed by atoms with Gasteiger partial charge in [-0.15, -0.1) is 0 Å². The number of carboxylic acid groups (broad SMARTS) is 2. The molecule has 1 heterocycles. The van der Waals surface area contributed by atoms with Crippen molar-refractivity contribution in [2.45, 2.75) is 6.92 Å². The van der Waals surface area contributed by atoms with E-state index in [1.54, 1.807) is 6.92 Å². The topological polar surface area (TPSA) is 140 Å². The van der Waals surface area contributed by atoms with Crippen LogP contribution in [0.4, 0.5) is 0 Å². The highest BCUT2D eigenvalue weighted by Crippen LogP contribution is 2.07. The maximum atomic E-state index is 10.7. The van der Waals surface area contributed by atoms with Crippen LogP contribution in [0.25, 0.3) is 0 Å². The van der Waals surface area contributed by atoms with Crippen LogP contribution < -0.4 is 9.64 Å². The van der Waals surface area contributed by atoms with Crippen molar-refractivity contribution in [3.63, 3.8) is 0 Å². The van der Waals surface area contributed by atoms with Gasteiger partial charge in [-0.2, -0.15) is 0 Å². The summed E-state index contributed by atoms with van der Waals surface area (Å²) in [6.45, 7) is 2.85. The zero-order chi connectivity index (χ0) is 15.0. The Labute approximate surface area is 108 Å². The van der Waals surface area contributed by atoms with Crippen LogP contribution >= 0.6 is 0 Å². The monoisotopic (exact) mass is 277 g/mol. The summed E-state index contributed by atoms with van der Waals surface area (Å²) >= 11 is 0. The van der Waals surface area contributed by atoms with Crippen LogP contribution in [0.1, 0.15) is 5.69 Å². The van der Waals surface area contributed by atoms with Crippen molar-refractivity contribution in [1.29, 1.82) is 0 Å². The zero-order valence-corrected chi connectivity index (χ0v) is 10.7. The predicted molar refractivity (Wildman–Crippen MR) is 59.5 cm³/mol. The lowest BCUT2D eigenvalue weighted by molar-refractivity contribution is -0.806. The van der Waals surface area contributed by atoms with Crippen LogP contribution in [-0.2, 0) is 9.59 Å². The normalized spacial score (nSPS) is 9.68. The van der Waals surface area contributed by atoms with Crippen molar-refractivity contribution >= 4 is 11.9 Å². The first-order chi connectivity index (χ1) is 8.75. The third-order valence-corrected chi connectivity index (χ3v) is 1.74. The summed E-state index contributed by atoms with van der Waals surface area (Å²) in [5.74, 6) is -3.39. The molecule has 1 aromatic rings. The number of carbonyl (C=O) groups is 2. The van der Waals surface area contributed by atoms with E-state index in [1.807, 2.05) is 19.0 Å². The van der Waals surface area contributed by atoms with Crippen molar-refractivity contribution < 1.29 is 34.1 Å². The molecule has 108 valence electrons. The van der Waals surface area contributed by atoms with Crippen LogP contribution in [0.2, 0.25) is 0 Å². The summed E-state index contributed by atoms with van der Waals surface area (Å²) in [6.07, 6.45) is 0. The number of aromatic nitrogens is 2. The summed E-state index contributed by atoms with van der Waals surface area (Å²) < 4.78 is 9.53. The fourth-order valence-corrected chi connectivity index (χ4v) is 0.735. The van der Waals surface area contributed by atoms with Gasteiger partial charge in [-0.05, 0) is 19.0 Å². The van der Waals surface area contributed by atoms with Crippen molar-refractivity contribution in [3.8, 4) is 5.88 Å². The van der Waals surface area contributed by atoms with Gasteiger partial charge in [0.15, 0.2) is 0 Å². The maximum absolute atomic E-state index is 10.7. The van der Waals surface area contributed by atoms with Crippen molar-refractivity contribution in [1.82, 2.24) is 10.1 Å². The SMILES string of the molecule is Cc1c(OCCN(C)C)no[n+]1[O-].O=C(O)C(=O)O. The Hall–Kier alpha value is -2.36. The van der Waals surface area contributed by atoms with Crippen molar-refractivity contribution in [2.24, 2.45) is 0 Å². The predicted octanol–water partition coefficient (Wildman–Crippen LogP) is -1.29. The van der Waals surface area contributed by atoms with Crippen molar-refractivity contribution in [2.75, 3.05) is 27.2 Å². The summed E-state index contributed by atoms with van der Waals surface area (Å²) in [5.41, 5.74) is 0.346. The highest BCUT2D eigenvalue weighted by atomic mass is 16.8. The maximum Gasteiger partial charge on any atom is 0.414 e. The Morgan fingerprint density at radius 2 is 1.95 bits per heavy atom. The number of hydrogen-bond donors (Lipinski definition) is 2. The fourth-order valence-electron chi connectivity index (χ4n) is 0.735. The van der Waals surface area contributed by atoms with E-state index in [0.717, 1.165) is 6.54 Å². The lowest BCUT2D eigenvalue weighted by Crippen LogP contribution is -2.26. The second-order valence-electron chi connectivity index (χ2n) is 3.58. The molecule has 0 fully saturated rings. The molecule has 0 spiro atoms. The summed E-state index contributed by atoms with van der Waals surface area (Å²) in [4.78, 5) is 20.5. The molecular weight excluding hydrogens is 262 g/mol. The molecule has 0 atom stereocenters. The zero-order valence-electron chi connectivity index (χ0n) is 10.7. The molecule has 0 bridgehead atoms. The van der Waals surface area contributed by atoms with Gasteiger partial charge in [-0.25, -0.2) is 9.59 Å². The molecule has 0 saturated heterocycles. The summed E-state index contributed by atoms with van der Waals surface area (Å²) in [6, 6.07) is 0. The molecule has 0 radical (unpaired) electrons. The highest BCUT2D eigenvalue weighted by Gasteiger charge is 2.14. The molecule has 0 unspecified atom stereocenters. The van der Waals surface area contributed by atoms with Crippen molar-refractivity contribution in [3.05, 3.63) is 10.9 Å². The number of carboxylic acids is 2. The minimum Gasteiger partial charge on any atom is -0.473 e. The molecule has 0 aromatic carbocycles. The smallest absolute Gasteiger partial charge is 0.414 e. The van der Waals surface area contributed by atoms with E-state index in [9.17, 15) is 5.21 Å². The minimum atomic E-state index is -1.82. The molecule has 0 aliphatic carbocycles. The Bertz CT molecular complexity index is 417. The van der Waals surface area contributed by atoms with E-state index in [1.165, 1.54) is 0 Å². The molecular formula is C9H15N3O7. The molecule has 1 aromatic heterocycles. The number of rotatable bonds is 4. The van der Waals surface area contributed by atoms with Crippen LogP contribution in [0, 0.1) is 12.1 Å². The molecule has 19 heavy (non-hydrogen) atoms. The molecule has 0 aliphatic rings. The third-order valence-electron chi connectivity index (χ3n) is 1.74. The second-order valence-corrected chi connectivity index (χ2v) is 3.58. The van der Waals surface area contributed by atoms with E-state index in [-0.39, 0.29) is 5.88 Å². The molecule has 10 nitrogen and oxygen atoms in total. The number of ether oxygens (including phenoxy) is 1. The van der Waals surface area contributed by atoms with E-state index in [4.69, 9.17) is 24.5 Å². The third kappa shape index (κ3) is 6.83. The van der Waals surface area contributed by atoms with Gasteiger partial charge in [-0.3, -0.25) is 4.63 Å². The minimum absolute atomic E-state index is 0.261. The quantitative estimate of drug-likeness (QED) is 0.508. The Kier molecular flexibility index (Phi) is 6.89. The first-order valence-electron chi connectivity index (χ1n) is 5.05. The fraction of sp³-hybridized carbons (Fsp3) is 0.556. The molecule has 1 rings (SSSR count). The van der Waals surface area contributed by atoms with Gasteiger partial charge in [-0.1, -0.05) is 0 Å². The van der Waals surface area contributed by atoms with Gasteiger partial charge in [0.2, 0.25) is 5.69 Å². The Balaban J connectivity index is 0.000000459. The first kappa shape index (κ1) is 16.6. The van der Waals surface area contributed by atoms with Crippen LogP contribution in [-0.4, -0.2) is 59.5 Å². The van der Waals surface area contributed by atoms with Gasteiger partial charge in [0.25, 0.3) is 0 Å². The average molecular weight is 277 g/mol. The molecule has 2 N–H and O–H groups in total. The van der Waals surface area contributed by atoms with Crippen LogP contribution in [0.5, 0.6) is 5.88 Å². The number of hydrogen-bond acceptors (Lipinski definition) is 7. The van der Waals surface area contributed by atoms with E-state index < -0.39 is 11.9 Å². The van der Waals surface area contributed by atoms with Gasteiger partial charge >= 0.3 is 17.8 Å². The van der Waals surface area contributed by atoms with Crippen LogP contribution in [0.3, 0.4) is 0 Å². The van der Waals surface area contributed by atoms with E-state index in [0.29, 0.717) is 17.2 Å². The number of nitrogens with zero attached hydrogens (tertiary/aromatic N) is 3. The Morgan fingerprint density at radius 1 is 1.42 bits per heavy atom. The van der Waals surface area contributed by atoms with Gasteiger partial charge < -0.3 is 25.1 Å². The first-order valence-corrected chi connectivity index (χ1v) is 5.05. The molecule has 0 aliphatic heterocycles. The average Bonchev–Trinajstić information content (AvgIpc) is 2.61. The van der Waals surface area contributed by atoms with Gasteiger partial charge in [0.1, 0.15) is 6.61 Å². The molecule has 10 heteroatoms. The molecule has 0 amide bonds. The summed E-state index contributed by atoms with van der Waals surface area (Å²) in [7, 11) is 3.87. The Morgan fingerprint density at radius 3 is 2.26 bits per heavy atom. The van der Waals surface area contributed by atoms with Crippen LogP contribution in [0.15, 0.2) is 4.63 Å². The molecule has 0 saturated carbocycles. The lowest BCUT2D eigenvalue weighted by Gasteiger charge is -2.07. The highest BCUT2D eigenvalue weighted by molar-refractivity contribution is 6.27.